The van der Waals surface area contributed by atoms with Gasteiger partial charge in [-0.1, -0.05) is 6.92 Å². The molecule has 1 amide bonds. The van der Waals surface area contributed by atoms with Crippen LogP contribution in [0.3, 0.4) is 0 Å². The molecule has 1 aliphatic heterocycles. The molecule has 0 spiro atoms. The summed E-state index contributed by atoms with van der Waals surface area (Å²) in [7, 11) is 1.79. The third-order valence-electron chi connectivity index (χ3n) is 7.71. The Kier molecular flexibility index (Phi) is 8.54. The van der Waals surface area contributed by atoms with Gasteiger partial charge in [0.25, 0.3) is 12.4 Å². The predicted octanol–water partition coefficient (Wildman–Crippen LogP) is 3.81. The summed E-state index contributed by atoms with van der Waals surface area (Å²) in [4.78, 5) is 35.0. The van der Waals surface area contributed by atoms with Crippen molar-refractivity contribution in [3.8, 4) is 17.3 Å². The van der Waals surface area contributed by atoms with E-state index in [0.717, 1.165) is 10.2 Å². The quantitative estimate of drug-likeness (QED) is 0.257. The van der Waals surface area contributed by atoms with Crippen molar-refractivity contribution < 1.29 is 27.5 Å². The zero-order valence-corrected chi connectivity index (χ0v) is 24.1. The molecule has 0 atom stereocenters. The number of alkyl halides is 3. The van der Waals surface area contributed by atoms with Gasteiger partial charge in [0, 0.05) is 62.3 Å². The Morgan fingerprint density at radius 1 is 1.25 bits per heavy atom. The lowest BCUT2D eigenvalue weighted by Gasteiger charge is -2.40. The number of likely N-dealkylation sites (N-methyl/N-ethyl adjacent to an activating group) is 1. The molecule has 230 valence electrons. The first-order valence-electron chi connectivity index (χ1n) is 13.9. The molecule has 0 saturated carbocycles. The second-order valence-electron chi connectivity index (χ2n) is 10.4. The van der Waals surface area contributed by atoms with Crippen molar-refractivity contribution in [2.24, 2.45) is 0 Å². The number of imidazole rings is 1. The number of fused-ring (bicyclic) bond motifs is 1. The Balaban J connectivity index is 1.39. The SMILES string of the molecule is CCc1cc(Nc2nccn3c(-c4cn(CC#N)nc4C(F)(F)F)cnc23)ccc1C(=O)N1CCC(CNC)(OC=O)CC1. The number of nitrogens with zero attached hydrogens (tertiary/aromatic N) is 7. The van der Waals surface area contributed by atoms with E-state index in [4.69, 9.17) is 10.00 Å². The number of carbonyl (C=O) groups excluding carboxylic acids is 2. The fourth-order valence-corrected chi connectivity index (χ4v) is 5.54. The molecule has 0 bridgehead atoms. The number of piperidine rings is 1. The second-order valence-corrected chi connectivity index (χ2v) is 10.4. The first-order chi connectivity index (χ1) is 21.1. The second kappa shape index (κ2) is 12.3. The van der Waals surface area contributed by atoms with Gasteiger partial charge in [-0.25, -0.2) is 9.97 Å². The maximum atomic E-state index is 13.8. The van der Waals surface area contributed by atoms with Gasteiger partial charge in [-0.3, -0.25) is 18.7 Å². The standard InChI is InChI=1S/C29H30F3N9O3/c1-3-19-14-20(4-5-21(19)27(43)39-10-6-28(7-11-39,17-34-2)44-18-42)37-25-26-36-15-23(41(26)13-9-35-25)22-16-40(12-8-33)38-24(22)29(30,31)32/h4-5,9,13-16,18,34H,3,6-7,10-12,17H2,1-2H3,(H,35,37). The largest absolute Gasteiger partial charge is 0.460 e. The van der Waals surface area contributed by atoms with Gasteiger partial charge < -0.3 is 20.3 Å². The van der Waals surface area contributed by atoms with Gasteiger partial charge in [0.1, 0.15) is 12.1 Å². The Bertz CT molecular complexity index is 1720. The molecule has 2 N–H and O–H groups in total. The summed E-state index contributed by atoms with van der Waals surface area (Å²) < 4.78 is 49.1. The summed E-state index contributed by atoms with van der Waals surface area (Å²) in [6, 6.07) is 7.10. The molecule has 0 radical (unpaired) electrons. The summed E-state index contributed by atoms with van der Waals surface area (Å²) in [6.07, 6.45) is 2.27. The summed E-state index contributed by atoms with van der Waals surface area (Å²) in [5.74, 6) is 0.179. The molecular weight excluding hydrogens is 579 g/mol. The zero-order valence-electron chi connectivity index (χ0n) is 24.1. The third-order valence-corrected chi connectivity index (χ3v) is 7.71. The third kappa shape index (κ3) is 5.93. The number of ether oxygens (including phenoxy) is 1. The molecule has 1 aliphatic rings. The summed E-state index contributed by atoms with van der Waals surface area (Å²) in [5, 5.41) is 18.7. The number of hydrogen-bond donors (Lipinski definition) is 2. The van der Waals surface area contributed by atoms with Crippen molar-refractivity contribution >= 4 is 29.5 Å². The van der Waals surface area contributed by atoms with Gasteiger partial charge in [0.15, 0.2) is 17.2 Å². The first kappa shape index (κ1) is 30.5. The molecule has 4 aromatic rings. The van der Waals surface area contributed by atoms with E-state index in [9.17, 15) is 22.8 Å². The predicted molar refractivity (Wildman–Crippen MR) is 153 cm³/mol. The molecule has 3 aromatic heterocycles. The summed E-state index contributed by atoms with van der Waals surface area (Å²) in [6.45, 7) is 3.44. The highest BCUT2D eigenvalue weighted by Crippen LogP contribution is 2.37. The highest BCUT2D eigenvalue weighted by Gasteiger charge is 2.39. The number of carbonyl (C=O) groups is 2. The number of nitrogens with one attached hydrogen (secondary N) is 2. The van der Waals surface area contributed by atoms with E-state index in [1.165, 1.54) is 29.2 Å². The van der Waals surface area contributed by atoms with Crippen LogP contribution in [0, 0.1) is 11.3 Å². The van der Waals surface area contributed by atoms with E-state index in [2.05, 4.69) is 25.7 Å². The van der Waals surface area contributed by atoms with Gasteiger partial charge in [0.05, 0.1) is 23.5 Å². The highest BCUT2D eigenvalue weighted by molar-refractivity contribution is 5.96. The molecule has 1 fully saturated rings. The van der Waals surface area contributed by atoms with Crippen LogP contribution in [0.1, 0.15) is 41.4 Å². The Morgan fingerprint density at radius 3 is 2.68 bits per heavy atom. The van der Waals surface area contributed by atoms with E-state index in [1.807, 2.05) is 13.0 Å². The Morgan fingerprint density at radius 2 is 2.02 bits per heavy atom. The minimum absolute atomic E-state index is 0.118. The molecule has 0 unspecified atom stereocenters. The van der Waals surface area contributed by atoms with Crippen molar-refractivity contribution in [1.29, 1.82) is 5.26 Å². The number of benzene rings is 1. The number of hydrogen-bond acceptors (Lipinski definition) is 9. The normalized spacial score (nSPS) is 14.8. The van der Waals surface area contributed by atoms with Crippen LogP contribution >= 0.6 is 0 Å². The zero-order chi connectivity index (χ0) is 31.5. The number of anilines is 2. The van der Waals surface area contributed by atoms with Crippen LogP contribution < -0.4 is 10.6 Å². The number of nitriles is 1. The average Bonchev–Trinajstić information content (AvgIpc) is 3.63. The van der Waals surface area contributed by atoms with Crippen molar-refractivity contribution in [2.75, 3.05) is 32.0 Å². The maximum Gasteiger partial charge on any atom is 0.435 e. The van der Waals surface area contributed by atoms with Gasteiger partial charge in [0.2, 0.25) is 0 Å². The van der Waals surface area contributed by atoms with Gasteiger partial charge >= 0.3 is 6.18 Å². The average molecular weight is 610 g/mol. The smallest absolute Gasteiger partial charge is 0.435 e. The lowest BCUT2D eigenvalue weighted by molar-refractivity contribution is -0.147. The van der Waals surface area contributed by atoms with E-state index in [1.54, 1.807) is 30.1 Å². The number of rotatable bonds is 10. The van der Waals surface area contributed by atoms with E-state index in [0.29, 0.717) is 62.4 Å². The number of halogens is 3. The van der Waals surface area contributed by atoms with Crippen LogP contribution in [0.2, 0.25) is 0 Å². The van der Waals surface area contributed by atoms with E-state index in [-0.39, 0.29) is 29.4 Å². The van der Waals surface area contributed by atoms with Crippen LogP contribution in [-0.4, -0.2) is 73.7 Å². The van der Waals surface area contributed by atoms with Crippen LogP contribution in [0.25, 0.3) is 16.9 Å². The lowest BCUT2D eigenvalue weighted by atomic mass is 9.90. The monoisotopic (exact) mass is 609 g/mol. The number of aryl methyl sites for hydroxylation is 1. The molecule has 1 aromatic carbocycles. The minimum Gasteiger partial charge on any atom is -0.460 e. The molecular formula is C29H30F3N9O3. The fourth-order valence-electron chi connectivity index (χ4n) is 5.54. The summed E-state index contributed by atoms with van der Waals surface area (Å²) in [5.41, 5.74) is 0.409. The van der Waals surface area contributed by atoms with Crippen LogP contribution in [-0.2, 0) is 28.7 Å². The van der Waals surface area contributed by atoms with Crippen molar-refractivity contribution in [1.82, 2.24) is 34.4 Å². The van der Waals surface area contributed by atoms with Crippen molar-refractivity contribution in [2.45, 2.75) is 44.5 Å². The number of amides is 1. The first-order valence-corrected chi connectivity index (χ1v) is 13.9. The van der Waals surface area contributed by atoms with Crippen LogP contribution in [0.4, 0.5) is 24.7 Å². The fraction of sp³-hybridized carbons (Fsp3) is 0.379. The van der Waals surface area contributed by atoms with Gasteiger partial charge in [-0.2, -0.15) is 23.5 Å². The lowest BCUT2D eigenvalue weighted by Crippen LogP contribution is -2.52. The van der Waals surface area contributed by atoms with E-state index >= 15 is 0 Å². The number of aromatic nitrogens is 5. The van der Waals surface area contributed by atoms with Crippen molar-refractivity contribution in [3.63, 3.8) is 0 Å². The Hall–Kier alpha value is -4.97. The molecule has 12 nitrogen and oxygen atoms in total. The Labute approximate surface area is 250 Å². The molecule has 5 rings (SSSR count). The van der Waals surface area contributed by atoms with Gasteiger partial charge in [-0.15, -0.1) is 0 Å². The van der Waals surface area contributed by atoms with Gasteiger partial charge in [-0.05, 0) is 37.2 Å². The minimum atomic E-state index is -4.74. The maximum absolute atomic E-state index is 13.8. The molecule has 4 heterocycles. The molecule has 0 aliphatic carbocycles. The van der Waals surface area contributed by atoms with Crippen molar-refractivity contribution in [3.05, 3.63) is 59.8 Å². The molecule has 1 saturated heterocycles. The van der Waals surface area contributed by atoms with E-state index < -0.39 is 17.5 Å². The number of likely N-dealkylation sites (tertiary alicyclic amines) is 1. The topological polar surface area (TPSA) is 142 Å². The molecule has 44 heavy (non-hydrogen) atoms. The highest BCUT2D eigenvalue weighted by atomic mass is 19.4. The molecule has 15 heteroatoms. The summed E-state index contributed by atoms with van der Waals surface area (Å²) >= 11 is 0. The van der Waals surface area contributed by atoms with Crippen LogP contribution in [0.5, 0.6) is 0 Å². The van der Waals surface area contributed by atoms with Crippen LogP contribution in [0.15, 0.2) is 43.0 Å².